The third-order valence-corrected chi connectivity index (χ3v) is 4.54. The van der Waals surface area contributed by atoms with Crippen LogP contribution in [-0.4, -0.2) is 56.4 Å². The second-order valence-corrected chi connectivity index (χ2v) is 6.51. The number of rotatable bonds is 5. The molecule has 0 aromatic heterocycles. The third kappa shape index (κ3) is 4.24. The molecular formula is C20H21N3O5. The van der Waals surface area contributed by atoms with Gasteiger partial charge in [-0.1, -0.05) is 6.07 Å². The Hall–Kier alpha value is -3.10. The van der Waals surface area contributed by atoms with E-state index in [1.165, 1.54) is 0 Å². The van der Waals surface area contributed by atoms with Crippen LogP contribution in [-0.2, 0) is 9.53 Å². The minimum absolute atomic E-state index is 0.0734. The lowest BCUT2D eigenvalue weighted by Gasteiger charge is -2.25. The quantitative estimate of drug-likeness (QED) is 0.820. The number of anilines is 2. The summed E-state index contributed by atoms with van der Waals surface area (Å²) in [5, 5.41) is 5.69. The molecule has 2 N–H and O–H groups in total. The molecule has 2 aromatic rings. The number of amides is 2. The fourth-order valence-electron chi connectivity index (χ4n) is 3.11. The molecule has 2 amide bonds. The van der Waals surface area contributed by atoms with Crippen LogP contribution in [0.1, 0.15) is 10.4 Å². The first kappa shape index (κ1) is 18.3. The highest BCUT2D eigenvalue weighted by Gasteiger charge is 2.21. The van der Waals surface area contributed by atoms with Crippen LogP contribution in [0.25, 0.3) is 0 Å². The molecule has 0 radical (unpaired) electrons. The summed E-state index contributed by atoms with van der Waals surface area (Å²) >= 11 is 0. The number of ether oxygens (including phenoxy) is 3. The maximum absolute atomic E-state index is 12.5. The van der Waals surface area contributed by atoms with Crippen molar-refractivity contribution in [1.29, 1.82) is 0 Å². The number of morpholine rings is 1. The third-order valence-electron chi connectivity index (χ3n) is 4.54. The van der Waals surface area contributed by atoms with E-state index >= 15 is 0 Å². The lowest BCUT2D eigenvalue weighted by Crippen LogP contribution is -2.41. The second kappa shape index (κ2) is 8.28. The Balaban J connectivity index is 1.34. The molecule has 0 saturated carbocycles. The number of nitrogens with zero attached hydrogens (tertiary/aromatic N) is 1. The Morgan fingerprint density at radius 2 is 1.64 bits per heavy atom. The molecule has 0 aliphatic carbocycles. The van der Waals surface area contributed by atoms with Crippen molar-refractivity contribution >= 4 is 23.2 Å². The van der Waals surface area contributed by atoms with Crippen LogP contribution in [0, 0.1) is 0 Å². The summed E-state index contributed by atoms with van der Waals surface area (Å²) in [5.74, 6) is 0.653. The largest absolute Gasteiger partial charge is 0.454 e. The van der Waals surface area contributed by atoms with Gasteiger partial charge in [0, 0.05) is 24.5 Å². The Bertz CT molecular complexity index is 863. The van der Waals surface area contributed by atoms with Crippen LogP contribution in [0.4, 0.5) is 11.4 Å². The van der Waals surface area contributed by atoms with Gasteiger partial charge in [-0.15, -0.1) is 0 Å². The Morgan fingerprint density at radius 1 is 0.929 bits per heavy atom. The monoisotopic (exact) mass is 383 g/mol. The highest BCUT2D eigenvalue weighted by molar-refractivity contribution is 6.07. The molecule has 2 heterocycles. The van der Waals surface area contributed by atoms with Gasteiger partial charge in [0.25, 0.3) is 5.91 Å². The lowest BCUT2D eigenvalue weighted by molar-refractivity contribution is -0.118. The summed E-state index contributed by atoms with van der Waals surface area (Å²) < 4.78 is 15.9. The summed E-state index contributed by atoms with van der Waals surface area (Å²) in [4.78, 5) is 26.7. The van der Waals surface area contributed by atoms with E-state index in [2.05, 4.69) is 15.5 Å². The first-order chi connectivity index (χ1) is 13.7. The molecule has 8 heteroatoms. The fraction of sp³-hybridized carbons (Fsp3) is 0.300. The number of para-hydroxylation sites is 1. The molecule has 2 aliphatic heterocycles. The van der Waals surface area contributed by atoms with Crippen LogP contribution in [0.3, 0.4) is 0 Å². The maximum Gasteiger partial charge on any atom is 0.259 e. The van der Waals surface area contributed by atoms with Crippen molar-refractivity contribution in [2.75, 3.05) is 50.3 Å². The molecule has 4 rings (SSSR count). The molecule has 1 saturated heterocycles. The van der Waals surface area contributed by atoms with Crippen LogP contribution >= 0.6 is 0 Å². The van der Waals surface area contributed by atoms with Crippen molar-refractivity contribution in [2.45, 2.75) is 0 Å². The zero-order chi connectivity index (χ0) is 19.3. The average molecular weight is 383 g/mol. The predicted octanol–water partition coefficient (Wildman–Crippen LogP) is 1.94. The van der Waals surface area contributed by atoms with Crippen molar-refractivity contribution in [3.8, 4) is 11.5 Å². The molecule has 146 valence electrons. The number of fused-ring (bicyclic) bond motifs is 1. The molecule has 8 nitrogen and oxygen atoms in total. The van der Waals surface area contributed by atoms with Gasteiger partial charge in [-0.2, -0.15) is 0 Å². The summed E-state index contributed by atoms with van der Waals surface area (Å²) in [7, 11) is 0. The van der Waals surface area contributed by atoms with Crippen LogP contribution in [0.15, 0.2) is 42.5 Å². The van der Waals surface area contributed by atoms with Crippen LogP contribution in [0.5, 0.6) is 11.5 Å². The van der Waals surface area contributed by atoms with Crippen molar-refractivity contribution < 1.29 is 23.8 Å². The standard InChI is InChI=1S/C20H21N3O5/c24-18(12-23-8-10-26-11-9-23)21-14-4-6-15(7-5-14)22-20(25)16-2-1-3-17-19(16)28-13-27-17/h1-7H,8-13H2,(H,21,24)(H,22,25). The molecule has 0 spiro atoms. The van der Waals surface area contributed by atoms with Gasteiger partial charge in [0.2, 0.25) is 12.7 Å². The van der Waals surface area contributed by atoms with Gasteiger partial charge in [0.15, 0.2) is 11.5 Å². The highest BCUT2D eigenvalue weighted by atomic mass is 16.7. The molecule has 0 unspecified atom stereocenters. The first-order valence-electron chi connectivity index (χ1n) is 9.09. The predicted molar refractivity (Wildman–Crippen MR) is 103 cm³/mol. The normalized spacial score (nSPS) is 15.9. The minimum Gasteiger partial charge on any atom is -0.454 e. The van der Waals surface area contributed by atoms with Gasteiger partial charge in [-0.3, -0.25) is 14.5 Å². The SMILES string of the molecule is O=C(CN1CCOCC1)Nc1ccc(NC(=O)c2cccc3c2OCO3)cc1. The van der Waals surface area contributed by atoms with Crippen molar-refractivity contribution in [3.05, 3.63) is 48.0 Å². The average Bonchev–Trinajstić information content (AvgIpc) is 3.19. The Morgan fingerprint density at radius 3 is 2.39 bits per heavy atom. The molecule has 0 bridgehead atoms. The summed E-state index contributed by atoms with van der Waals surface area (Å²) in [6.07, 6.45) is 0. The zero-order valence-corrected chi connectivity index (χ0v) is 15.3. The van der Waals surface area contributed by atoms with Gasteiger partial charge in [0.05, 0.1) is 25.3 Å². The summed E-state index contributed by atoms with van der Waals surface area (Å²) in [5.41, 5.74) is 1.71. The van der Waals surface area contributed by atoms with E-state index in [-0.39, 0.29) is 18.6 Å². The van der Waals surface area contributed by atoms with E-state index in [9.17, 15) is 9.59 Å². The number of hydrogen-bond donors (Lipinski definition) is 2. The van der Waals surface area contributed by atoms with Crippen LogP contribution in [0.2, 0.25) is 0 Å². The second-order valence-electron chi connectivity index (χ2n) is 6.51. The molecule has 2 aromatic carbocycles. The fourth-order valence-corrected chi connectivity index (χ4v) is 3.11. The molecular weight excluding hydrogens is 362 g/mol. The molecule has 2 aliphatic rings. The van der Waals surface area contributed by atoms with Crippen molar-refractivity contribution in [2.24, 2.45) is 0 Å². The Labute approximate surface area is 162 Å². The lowest BCUT2D eigenvalue weighted by atomic mass is 10.1. The topological polar surface area (TPSA) is 89.1 Å². The number of carbonyl (C=O) groups is 2. The molecule has 28 heavy (non-hydrogen) atoms. The van der Waals surface area contributed by atoms with E-state index in [1.54, 1.807) is 42.5 Å². The van der Waals surface area contributed by atoms with Gasteiger partial charge < -0.3 is 24.8 Å². The summed E-state index contributed by atoms with van der Waals surface area (Å²) in [6, 6.07) is 12.2. The number of carbonyl (C=O) groups excluding carboxylic acids is 2. The van der Waals surface area contributed by atoms with E-state index < -0.39 is 0 Å². The highest BCUT2D eigenvalue weighted by Crippen LogP contribution is 2.35. The summed E-state index contributed by atoms with van der Waals surface area (Å²) in [6.45, 7) is 3.28. The van der Waals surface area contributed by atoms with E-state index in [4.69, 9.17) is 14.2 Å². The van der Waals surface area contributed by atoms with Gasteiger partial charge in [-0.05, 0) is 36.4 Å². The number of benzene rings is 2. The number of nitrogens with one attached hydrogen (secondary N) is 2. The van der Waals surface area contributed by atoms with Gasteiger partial charge in [-0.25, -0.2) is 0 Å². The molecule has 1 fully saturated rings. The molecule has 0 atom stereocenters. The first-order valence-corrected chi connectivity index (χ1v) is 9.09. The van der Waals surface area contributed by atoms with E-state index in [1.807, 2.05) is 0 Å². The maximum atomic E-state index is 12.5. The van der Waals surface area contributed by atoms with Crippen molar-refractivity contribution in [3.63, 3.8) is 0 Å². The smallest absolute Gasteiger partial charge is 0.259 e. The van der Waals surface area contributed by atoms with Gasteiger partial charge in [0.1, 0.15) is 0 Å². The van der Waals surface area contributed by atoms with Crippen molar-refractivity contribution in [1.82, 2.24) is 4.90 Å². The van der Waals surface area contributed by atoms with E-state index in [0.717, 1.165) is 13.1 Å². The van der Waals surface area contributed by atoms with Crippen LogP contribution < -0.4 is 20.1 Å². The number of hydrogen-bond acceptors (Lipinski definition) is 6. The zero-order valence-electron chi connectivity index (χ0n) is 15.3. The Kier molecular flexibility index (Phi) is 5.41. The van der Waals surface area contributed by atoms with Gasteiger partial charge >= 0.3 is 0 Å². The van der Waals surface area contributed by atoms with E-state index in [0.29, 0.717) is 48.2 Å². The minimum atomic E-state index is -0.286.